The van der Waals surface area contributed by atoms with E-state index < -0.39 is 0 Å². The number of hydrogen-bond acceptors (Lipinski definition) is 4. The summed E-state index contributed by atoms with van der Waals surface area (Å²) in [5, 5.41) is 3.00. The van der Waals surface area contributed by atoms with Gasteiger partial charge in [0, 0.05) is 6.92 Å². The largest absolute Gasteiger partial charge is 0.495 e. The Morgan fingerprint density at radius 1 is 1.61 bits per heavy atom. The molecule has 0 unspecified atom stereocenters. The maximum atomic E-state index is 11.1. The van der Waals surface area contributed by atoms with Crippen LogP contribution in [0.5, 0.6) is 11.5 Å². The van der Waals surface area contributed by atoms with Crippen LogP contribution in [0.15, 0.2) is 12.1 Å². The van der Waals surface area contributed by atoms with Crippen LogP contribution >= 0.6 is 11.6 Å². The van der Waals surface area contributed by atoms with Gasteiger partial charge in [-0.15, -0.1) is 0 Å². The quantitative estimate of drug-likeness (QED) is 0.833. The number of methoxy groups -OCH3 is 1. The highest BCUT2D eigenvalue weighted by Crippen LogP contribution is 2.40. The van der Waals surface area contributed by atoms with Crippen molar-refractivity contribution in [3.05, 3.63) is 17.2 Å². The Kier molecular flexibility index (Phi) is 3.93. The van der Waals surface area contributed by atoms with Gasteiger partial charge in [0.25, 0.3) is 0 Å². The zero-order chi connectivity index (χ0) is 13.1. The van der Waals surface area contributed by atoms with E-state index in [4.69, 9.17) is 25.8 Å². The molecule has 1 fully saturated rings. The SMILES string of the molecule is COc1ccc(NC(C)=O)c(OC[C@@H]2CO2)c1Cl. The second kappa shape index (κ2) is 5.46. The van der Waals surface area contributed by atoms with Crippen molar-refractivity contribution in [1.82, 2.24) is 0 Å². The summed E-state index contributed by atoms with van der Waals surface area (Å²) in [5.74, 6) is 0.711. The summed E-state index contributed by atoms with van der Waals surface area (Å²) in [5.41, 5.74) is 0.522. The van der Waals surface area contributed by atoms with Gasteiger partial charge in [-0.2, -0.15) is 0 Å². The number of benzene rings is 1. The maximum Gasteiger partial charge on any atom is 0.221 e. The van der Waals surface area contributed by atoms with Crippen molar-refractivity contribution in [2.24, 2.45) is 0 Å². The van der Waals surface area contributed by atoms with Gasteiger partial charge in [-0.3, -0.25) is 4.79 Å². The predicted molar refractivity (Wildman–Crippen MR) is 67.5 cm³/mol. The minimum absolute atomic E-state index is 0.109. The molecule has 1 aromatic carbocycles. The summed E-state index contributed by atoms with van der Waals surface area (Å²) in [6, 6.07) is 3.36. The lowest BCUT2D eigenvalue weighted by atomic mass is 10.2. The van der Waals surface area contributed by atoms with Gasteiger partial charge in [-0.25, -0.2) is 0 Å². The Balaban J connectivity index is 2.25. The van der Waals surface area contributed by atoms with Crippen molar-refractivity contribution < 1.29 is 19.0 Å². The zero-order valence-electron chi connectivity index (χ0n) is 10.2. The lowest BCUT2D eigenvalue weighted by molar-refractivity contribution is -0.114. The summed E-state index contributed by atoms with van der Waals surface area (Å²) in [6.45, 7) is 2.52. The molecule has 1 atom stereocenters. The Bertz CT molecular complexity index is 460. The molecule has 0 spiro atoms. The van der Waals surface area contributed by atoms with Crippen molar-refractivity contribution >= 4 is 23.2 Å². The Morgan fingerprint density at radius 3 is 2.89 bits per heavy atom. The molecular formula is C12H14ClNO4. The summed E-state index contributed by atoms with van der Waals surface area (Å²) >= 11 is 6.16. The van der Waals surface area contributed by atoms with Crippen molar-refractivity contribution in [2.45, 2.75) is 13.0 Å². The number of anilines is 1. The minimum Gasteiger partial charge on any atom is -0.495 e. The number of rotatable bonds is 5. The van der Waals surface area contributed by atoms with E-state index in [1.54, 1.807) is 12.1 Å². The number of amides is 1. The maximum absolute atomic E-state index is 11.1. The van der Waals surface area contributed by atoms with Crippen molar-refractivity contribution in [2.75, 3.05) is 25.6 Å². The van der Waals surface area contributed by atoms with Crippen LogP contribution in [0.1, 0.15) is 6.92 Å². The van der Waals surface area contributed by atoms with Crippen LogP contribution in [0.4, 0.5) is 5.69 Å². The van der Waals surface area contributed by atoms with Crippen molar-refractivity contribution in [3.8, 4) is 11.5 Å². The molecule has 5 nitrogen and oxygen atoms in total. The molecule has 1 aromatic rings. The molecule has 18 heavy (non-hydrogen) atoms. The van der Waals surface area contributed by atoms with E-state index in [-0.39, 0.29) is 12.0 Å². The molecule has 0 radical (unpaired) electrons. The minimum atomic E-state index is -0.191. The first kappa shape index (κ1) is 13.0. The van der Waals surface area contributed by atoms with Gasteiger partial charge < -0.3 is 19.5 Å². The fourth-order valence-electron chi connectivity index (χ4n) is 1.47. The summed E-state index contributed by atoms with van der Waals surface area (Å²) in [6.07, 6.45) is 0.109. The smallest absolute Gasteiger partial charge is 0.221 e. The second-order valence-electron chi connectivity index (χ2n) is 3.91. The fourth-order valence-corrected chi connectivity index (χ4v) is 1.76. The van der Waals surface area contributed by atoms with Crippen LogP contribution in [0.25, 0.3) is 0 Å². The van der Waals surface area contributed by atoms with Crippen LogP contribution in [0, 0.1) is 0 Å². The molecule has 0 bridgehead atoms. The van der Waals surface area contributed by atoms with Gasteiger partial charge in [0.15, 0.2) is 5.75 Å². The number of carbonyl (C=O) groups excluding carboxylic acids is 1. The monoisotopic (exact) mass is 271 g/mol. The molecule has 0 saturated carbocycles. The molecule has 1 aliphatic heterocycles. The Labute approximate surface area is 110 Å². The standard InChI is InChI=1S/C12H14ClNO4/c1-7(15)14-9-3-4-10(16-2)11(13)12(9)18-6-8-5-17-8/h3-4,8H,5-6H2,1-2H3,(H,14,15)/t8-/m0/s1. The van der Waals surface area contributed by atoms with E-state index in [1.807, 2.05) is 0 Å². The molecule has 0 aliphatic carbocycles. The van der Waals surface area contributed by atoms with Gasteiger partial charge >= 0.3 is 0 Å². The van der Waals surface area contributed by atoms with Gasteiger partial charge in [0.1, 0.15) is 23.5 Å². The Hall–Kier alpha value is -1.46. The van der Waals surface area contributed by atoms with Crippen LogP contribution < -0.4 is 14.8 Å². The predicted octanol–water partition coefficient (Wildman–Crippen LogP) is 2.08. The molecule has 1 saturated heterocycles. The molecule has 6 heteroatoms. The van der Waals surface area contributed by atoms with Crippen LogP contribution in [-0.2, 0) is 9.53 Å². The molecule has 1 heterocycles. The number of halogens is 1. The second-order valence-corrected chi connectivity index (χ2v) is 4.28. The lowest BCUT2D eigenvalue weighted by Gasteiger charge is -2.14. The van der Waals surface area contributed by atoms with Crippen molar-refractivity contribution in [1.29, 1.82) is 0 Å². The number of epoxide rings is 1. The normalized spacial score (nSPS) is 17.2. The average Bonchev–Trinajstić information content (AvgIpc) is 3.12. The van der Waals surface area contributed by atoms with E-state index in [1.165, 1.54) is 14.0 Å². The van der Waals surface area contributed by atoms with E-state index in [0.717, 1.165) is 0 Å². The van der Waals surface area contributed by atoms with E-state index in [0.29, 0.717) is 35.4 Å². The molecule has 0 aromatic heterocycles. The molecular weight excluding hydrogens is 258 g/mol. The van der Waals surface area contributed by atoms with Crippen LogP contribution in [0.3, 0.4) is 0 Å². The average molecular weight is 272 g/mol. The lowest BCUT2D eigenvalue weighted by Crippen LogP contribution is -2.11. The number of hydrogen-bond donors (Lipinski definition) is 1. The van der Waals surface area contributed by atoms with E-state index in [9.17, 15) is 4.79 Å². The third-order valence-electron chi connectivity index (χ3n) is 2.41. The summed E-state index contributed by atoms with van der Waals surface area (Å²) in [4.78, 5) is 11.1. The molecule has 98 valence electrons. The zero-order valence-corrected chi connectivity index (χ0v) is 10.9. The number of nitrogens with one attached hydrogen (secondary N) is 1. The summed E-state index contributed by atoms with van der Waals surface area (Å²) < 4.78 is 15.8. The fraction of sp³-hybridized carbons (Fsp3) is 0.417. The molecule has 1 aliphatic rings. The topological polar surface area (TPSA) is 60.1 Å². The highest BCUT2D eigenvalue weighted by molar-refractivity contribution is 6.34. The van der Waals surface area contributed by atoms with Gasteiger partial charge in [-0.1, -0.05) is 11.6 Å². The van der Waals surface area contributed by atoms with E-state index in [2.05, 4.69) is 5.32 Å². The summed E-state index contributed by atoms with van der Waals surface area (Å²) in [7, 11) is 1.52. The third kappa shape index (κ3) is 3.05. The van der Waals surface area contributed by atoms with Crippen LogP contribution in [-0.4, -0.2) is 32.3 Å². The van der Waals surface area contributed by atoms with Gasteiger partial charge in [-0.05, 0) is 12.1 Å². The number of ether oxygens (including phenoxy) is 3. The van der Waals surface area contributed by atoms with Crippen molar-refractivity contribution in [3.63, 3.8) is 0 Å². The highest BCUT2D eigenvalue weighted by Gasteiger charge is 2.25. The first-order valence-electron chi connectivity index (χ1n) is 5.50. The molecule has 1 amide bonds. The van der Waals surface area contributed by atoms with Gasteiger partial charge in [0.2, 0.25) is 5.91 Å². The molecule has 1 N–H and O–H groups in total. The Morgan fingerprint density at radius 2 is 2.33 bits per heavy atom. The van der Waals surface area contributed by atoms with Crippen LogP contribution in [0.2, 0.25) is 5.02 Å². The molecule has 2 rings (SSSR count). The first-order valence-corrected chi connectivity index (χ1v) is 5.88. The van der Waals surface area contributed by atoms with Gasteiger partial charge in [0.05, 0.1) is 19.4 Å². The van der Waals surface area contributed by atoms with E-state index >= 15 is 0 Å². The first-order chi connectivity index (χ1) is 8.61. The third-order valence-corrected chi connectivity index (χ3v) is 2.77. The highest BCUT2D eigenvalue weighted by atomic mass is 35.5. The number of carbonyl (C=O) groups is 1.